The van der Waals surface area contributed by atoms with Crippen LogP contribution in [-0.2, 0) is 9.53 Å². The van der Waals surface area contributed by atoms with Crippen molar-refractivity contribution in [2.24, 2.45) is 0 Å². The van der Waals surface area contributed by atoms with E-state index in [1.165, 1.54) is 0 Å². The normalized spacial score (nSPS) is 14.8. The Bertz CT molecular complexity index is 962. The number of nitrogens with zero attached hydrogens (tertiary/aromatic N) is 3. The molecule has 0 aliphatic carbocycles. The monoisotopic (exact) mass is 345 g/mol. The smallest absolute Gasteiger partial charge is 0.246 e. The van der Waals surface area contributed by atoms with Gasteiger partial charge in [0.15, 0.2) is 0 Å². The lowest BCUT2D eigenvalue weighted by Crippen LogP contribution is -2.39. The number of fused-ring (bicyclic) bond motifs is 1. The number of carbonyl (C=O) groups excluding carboxylic acids is 1. The van der Waals surface area contributed by atoms with Crippen LogP contribution >= 0.6 is 0 Å². The molecular weight excluding hydrogens is 326 g/mol. The maximum absolute atomic E-state index is 12.4. The van der Waals surface area contributed by atoms with Crippen LogP contribution < -0.4 is 0 Å². The summed E-state index contributed by atoms with van der Waals surface area (Å²) in [6.07, 6.45) is 8.86. The van der Waals surface area contributed by atoms with Gasteiger partial charge in [-0.25, -0.2) is 0 Å². The molecule has 1 fully saturated rings. The molecule has 0 radical (unpaired) electrons. The SMILES string of the molecule is O=C(/C=C/c1ccncc1-c1ccc2ncccc2c1)N1CCOCC1. The van der Waals surface area contributed by atoms with Crippen molar-refractivity contribution in [1.29, 1.82) is 0 Å². The van der Waals surface area contributed by atoms with Gasteiger partial charge in [0, 0.05) is 48.7 Å². The molecule has 1 aromatic carbocycles. The topological polar surface area (TPSA) is 55.3 Å². The van der Waals surface area contributed by atoms with Crippen LogP contribution in [0.5, 0.6) is 0 Å². The zero-order chi connectivity index (χ0) is 17.8. The summed E-state index contributed by atoms with van der Waals surface area (Å²) in [6, 6.07) is 12.0. The predicted octanol–water partition coefficient (Wildman–Crippen LogP) is 3.17. The molecule has 0 bridgehead atoms. The standard InChI is InChI=1S/C21H19N3O2/c25-21(24-10-12-26-13-11-24)6-4-16-7-9-22-15-19(16)17-3-5-20-18(14-17)2-1-8-23-20/h1-9,14-15H,10-13H2/b6-4+. The predicted molar refractivity (Wildman–Crippen MR) is 101 cm³/mol. The lowest BCUT2D eigenvalue weighted by atomic mass is 10.00. The Hall–Kier alpha value is -3.05. The Balaban J connectivity index is 1.63. The molecule has 0 spiro atoms. The van der Waals surface area contributed by atoms with Gasteiger partial charge in [-0.15, -0.1) is 0 Å². The molecule has 3 heterocycles. The van der Waals surface area contributed by atoms with Gasteiger partial charge in [-0.3, -0.25) is 14.8 Å². The minimum Gasteiger partial charge on any atom is -0.378 e. The number of amides is 1. The maximum Gasteiger partial charge on any atom is 0.246 e. The second-order valence-corrected chi connectivity index (χ2v) is 6.14. The summed E-state index contributed by atoms with van der Waals surface area (Å²) >= 11 is 0. The molecular formula is C21H19N3O2. The lowest BCUT2D eigenvalue weighted by molar-refractivity contribution is -0.129. The average molecular weight is 345 g/mol. The Morgan fingerprint density at radius 3 is 2.88 bits per heavy atom. The quantitative estimate of drug-likeness (QED) is 0.684. The van der Waals surface area contributed by atoms with E-state index in [0.717, 1.165) is 27.6 Å². The number of rotatable bonds is 3. The Labute approximate surface area is 152 Å². The molecule has 0 saturated carbocycles. The molecule has 0 unspecified atom stereocenters. The first kappa shape index (κ1) is 16.4. The second kappa shape index (κ2) is 7.45. The highest BCUT2D eigenvalue weighted by Gasteiger charge is 2.14. The van der Waals surface area contributed by atoms with Crippen molar-refractivity contribution in [1.82, 2.24) is 14.9 Å². The van der Waals surface area contributed by atoms with Gasteiger partial charge in [-0.1, -0.05) is 12.1 Å². The van der Waals surface area contributed by atoms with Gasteiger partial charge in [0.1, 0.15) is 0 Å². The number of pyridine rings is 2. The van der Waals surface area contributed by atoms with Crippen molar-refractivity contribution >= 4 is 22.9 Å². The van der Waals surface area contributed by atoms with Crippen LogP contribution in [0.25, 0.3) is 28.1 Å². The molecule has 0 atom stereocenters. The molecule has 2 aromatic heterocycles. The van der Waals surface area contributed by atoms with E-state index < -0.39 is 0 Å². The van der Waals surface area contributed by atoms with Crippen molar-refractivity contribution in [3.8, 4) is 11.1 Å². The van der Waals surface area contributed by atoms with Crippen molar-refractivity contribution in [3.05, 3.63) is 66.6 Å². The van der Waals surface area contributed by atoms with E-state index in [1.807, 2.05) is 47.5 Å². The molecule has 3 aromatic rings. The fraction of sp³-hybridized carbons (Fsp3) is 0.190. The number of hydrogen-bond donors (Lipinski definition) is 0. The van der Waals surface area contributed by atoms with Crippen LogP contribution in [0.15, 0.2) is 61.1 Å². The van der Waals surface area contributed by atoms with E-state index in [1.54, 1.807) is 18.5 Å². The van der Waals surface area contributed by atoms with Gasteiger partial charge in [0.25, 0.3) is 0 Å². The molecule has 1 amide bonds. The van der Waals surface area contributed by atoms with Gasteiger partial charge in [-0.05, 0) is 41.5 Å². The zero-order valence-electron chi connectivity index (χ0n) is 14.3. The largest absolute Gasteiger partial charge is 0.378 e. The van der Waals surface area contributed by atoms with Crippen LogP contribution in [0.2, 0.25) is 0 Å². The third-order valence-electron chi connectivity index (χ3n) is 4.50. The number of ether oxygens (including phenoxy) is 1. The van der Waals surface area contributed by atoms with Gasteiger partial charge < -0.3 is 9.64 Å². The summed E-state index contributed by atoms with van der Waals surface area (Å²) in [5, 5.41) is 1.08. The number of benzene rings is 1. The van der Waals surface area contributed by atoms with Crippen LogP contribution in [0.4, 0.5) is 0 Å². The summed E-state index contributed by atoms with van der Waals surface area (Å²) < 4.78 is 5.29. The van der Waals surface area contributed by atoms with Crippen LogP contribution in [0.1, 0.15) is 5.56 Å². The third kappa shape index (κ3) is 3.48. The van der Waals surface area contributed by atoms with E-state index in [-0.39, 0.29) is 5.91 Å². The summed E-state index contributed by atoms with van der Waals surface area (Å²) in [7, 11) is 0. The molecule has 0 N–H and O–H groups in total. The first-order valence-electron chi connectivity index (χ1n) is 8.65. The van der Waals surface area contributed by atoms with Gasteiger partial charge >= 0.3 is 0 Å². The van der Waals surface area contributed by atoms with Crippen LogP contribution in [0.3, 0.4) is 0 Å². The third-order valence-corrected chi connectivity index (χ3v) is 4.50. The highest BCUT2D eigenvalue weighted by atomic mass is 16.5. The second-order valence-electron chi connectivity index (χ2n) is 6.14. The highest BCUT2D eigenvalue weighted by molar-refractivity contribution is 5.93. The van der Waals surface area contributed by atoms with Crippen LogP contribution in [0, 0.1) is 0 Å². The van der Waals surface area contributed by atoms with Crippen molar-refractivity contribution in [2.75, 3.05) is 26.3 Å². The number of morpholine rings is 1. The Morgan fingerprint density at radius 1 is 1.12 bits per heavy atom. The Kier molecular flexibility index (Phi) is 4.71. The number of carbonyl (C=O) groups is 1. The number of aromatic nitrogens is 2. The molecule has 5 nitrogen and oxygen atoms in total. The first-order valence-corrected chi connectivity index (χ1v) is 8.65. The molecule has 4 rings (SSSR count). The summed E-state index contributed by atoms with van der Waals surface area (Å²) in [4.78, 5) is 22.8. The fourth-order valence-electron chi connectivity index (χ4n) is 3.09. The summed E-state index contributed by atoms with van der Waals surface area (Å²) in [6.45, 7) is 2.49. The summed E-state index contributed by atoms with van der Waals surface area (Å²) in [5.74, 6) is 0.0128. The van der Waals surface area contributed by atoms with Gasteiger partial charge in [-0.2, -0.15) is 0 Å². The van der Waals surface area contributed by atoms with Crippen molar-refractivity contribution in [2.45, 2.75) is 0 Å². The van der Waals surface area contributed by atoms with E-state index in [9.17, 15) is 4.79 Å². The van der Waals surface area contributed by atoms with E-state index in [4.69, 9.17) is 4.74 Å². The van der Waals surface area contributed by atoms with Gasteiger partial charge in [0.05, 0.1) is 18.7 Å². The van der Waals surface area contributed by atoms with E-state index in [0.29, 0.717) is 26.3 Å². The molecule has 130 valence electrons. The first-order chi connectivity index (χ1) is 12.8. The average Bonchev–Trinajstić information content (AvgIpc) is 2.72. The summed E-state index contributed by atoms with van der Waals surface area (Å²) in [5.41, 5.74) is 3.96. The number of hydrogen-bond acceptors (Lipinski definition) is 4. The van der Waals surface area contributed by atoms with Gasteiger partial charge in [0.2, 0.25) is 5.91 Å². The zero-order valence-corrected chi connectivity index (χ0v) is 14.3. The molecule has 1 aliphatic heterocycles. The molecule has 1 saturated heterocycles. The maximum atomic E-state index is 12.4. The van der Waals surface area contributed by atoms with E-state index in [2.05, 4.69) is 16.0 Å². The van der Waals surface area contributed by atoms with Crippen LogP contribution in [-0.4, -0.2) is 47.1 Å². The van der Waals surface area contributed by atoms with Crippen molar-refractivity contribution < 1.29 is 9.53 Å². The molecule has 26 heavy (non-hydrogen) atoms. The lowest BCUT2D eigenvalue weighted by Gasteiger charge is -2.25. The Morgan fingerprint density at radius 2 is 2.00 bits per heavy atom. The van der Waals surface area contributed by atoms with Crippen molar-refractivity contribution in [3.63, 3.8) is 0 Å². The molecule has 1 aliphatic rings. The molecule has 5 heteroatoms. The minimum absolute atomic E-state index is 0.0128. The minimum atomic E-state index is 0.0128. The highest BCUT2D eigenvalue weighted by Crippen LogP contribution is 2.26. The van der Waals surface area contributed by atoms with E-state index >= 15 is 0 Å². The fourth-order valence-corrected chi connectivity index (χ4v) is 3.09.